The third-order valence-electron chi connectivity index (χ3n) is 2.56. The number of amides is 1. The molecular formula is C14H21NO. The number of carbonyl (C=O) groups excluding carboxylic acids is 1. The van der Waals surface area contributed by atoms with E-state index in [1.165, 1.54) is 12.0 Å². The summed E-state index contributed by atoms with van der Waals surface area (Å²) in [5, 5.41) is 2.79. The molecule has 0 aromatic heterocycles. The van der Waals surface area contributed by atoms with Crippen LogP contribution >= 0.6 is 0 Å². The minimum Gasteiger partial charge on any atom is -0.352 e. The van der Waals surface area contributed by atoms with E-state index in [0.717, 1.165) is 17.9 Å². The van der Waals surface area contributed by atoms with Crippen LogP contribution in [0.25, 0.3) is 0 Å². The van der Waals surface area contributed by atoms with Crippen molar-refractivity contribution in [3.63, 3.8) is 0 Å². The molecule has 0 aliphatic heterocycles. The Morgan fingerprint density at radius 1 is 1.25 bits per heavy atom. The Hall–Kier alpha value is -1.31. The molecule has 0 unspecified atom stereocenters. The lowest BCUT2D eigenvalue weighted by Crippen LogP contribution is -2.22. The molecule has 2 nitrogen and oxygen atoms in total. The minimum absolute atomic E-state index is 0.0120. The van der Waals surface area contributed by atoms with Gasteiger partial charge in [-0.15, -0.1) is 0 Å². The molecule has 0 aliphatic carbocycles. The van der Waals surface area contributed by atoms with Gasteiger partial charge in [-0.1, -0.05) is 26.0 Å². The second-order valence-corrected chi connectivity index (χ2v) is 4.49. The third kappa shape index (κ3) is 4.05. The Bertz CT molecular complexity index is 327. The zero-order valence-corrected chi connectivity index (χ0v) is 10.4. The third-order valence-corrected chi connectivity index (χ3v) is 2.56. The van der Waals surface area contributed by atoms with Crippen molar-refractivity contribution >= 4 is 5.91 Å². The number of hydrogen-bond acceptors (Lipinski definition) is 1. The van der Waals surface area contributed by atoms with E-state index in [9.17, 15) is 4.79 Å². The summed E-state index contributed by atoms with van der Waals surface area (Å²) in [7, 11) is 0. The number of benzene rings is 1. The van der Waals surface area contributed by atoms with Gasteiger partial charge in [-0.05, 0) is 43.4 Å². The number of aryl methyl sites for hydroxylation is 1. The molecule has 1 rings (SSSR count). The van der Waals surface area contributed by atoms with E-state index in [1.54, 1.807) is 0 Å². The van der Waals surface area contributed by atoms with Gasteiger partial charge in [-0.25, -0.2) is 0 Å². The lowest BCUT2D eigenvalue weighted by molar-refractivity contribution is 0.0956. The molecule has 16 heavy (non-hydrogen) atoms. The van der Waals surface area contributed by atoms with Crippen LogP contribution in [0.4, 0.5) is 0 Å². The second kappa shape index (κ2) is 6.31. The Balaban J connectivity index is 2.57. The quantitative estimate of drug-likeness (QED) is 0.810. The zero-order chi connectivity index (χ0) is 12.0. The van der Waals surface area contributed by atoms with Crippen molar-refractivity contribution < 1.29 is 4.79 Å². The molecule has 0 saturated carbocycles. The van der Waals surface area contributed by atoms with Crippen molar-refractivity contribution in [2.75, 3.05) is 6.54 Å². The van der Waals surface area contributed by atoms with Crippen LogP contribution in [0.2, 0.25) is 0 Å². The topological polar surface area (TPSA) is 29.1 Å². The predicted molar refractivity (Wildman–Crippen MR) is 67.6 cm³/mol. The minimum atomic E-state index is 0.0120. The van der Waals surface area contributed by atoms with Gasteiger partial charge in [-0.3, -0.25) is 4.79 Å². The fourth-order valence-electron chi connectivity index (χ4n) is 1.54. The molecule has 1 N–H and O–H groups in total. The lowest BCUT2D eigenvalue weighted by Gasteiger charge is -2.06. The number of rotatable bonds is 5. The van der Waals surface area contributed by atoms with Crippen LogP contribution in [0.3, 0.4) is 0 Å². The van der Waals surface area contributed by atoms with Crippen molar-refractivity contribution in [1.29, 1.82) is 0 Å². The van der Waals surface area contributed by atoms with Crippen LogP contribution in [0, 0.1) is 5.92 Å². The summed E-state index contributed by atoms with van der Waals surface area (Å²) in [6.45, 7) is 7.05. The summed E-state index contributed by atoms with van der Waals surface area (Å²) in [5.74, 6) is 0.737. The lowest BCUT2D eigenvalue weighted by atomic mass is 10.0. The van der Waals surface area contributed by atoms with E-state index in [0.29, 0.717) is 6.54 Å². The molecule has 1 aromatic carbocycles. The normalized spacial score (nSPS) is 10.5. The van der Waals surface area contributed by atoms with Crippen LogP contribution in [0.1, 0.15) is 43.1 Å². The first kappa shape index (κ1) is 12.8. The molecule has 0 radical (unpaired) electrons. The van der Waals surface area contributed by atoms with Crippen LogP contribution in [-0.2, 0) is 6.42 Å². The standard InChI is InChI=1S/C14H21NO/c1-4-15-14(16)13-9-7-12(8-10-13)6-5-11(2)3/h7-11H,4-6H2,1-3H3,(H,15,16). The maximum atomic E-state index is 11.5. The molecule has 88 valence electrons. The van der Waals surface area contributed by atoms with Gasteiger partial charge in [0.1, 0.15) is 0 Å². The molecule has 0 fully saturated rings. The van der Waals surface area contributed by atoms with Crippen molar-refractivity contribution in [3.8, 4) is 0 Å². The largest absolute Gasteiger partial charge is 0.352 e. The monoisotopic (exact) mass is 219 g/mol. The van der Waals surface area contributed by atoms with Gasteiger partial charge in [0.25, 0.3) is 5.91 Å². The first-order valence-electron chi connectivity index (χ1n) is 6.00. The number of nitrogens with one attached hydrogen (secondary N) is 1. The van der Waals surface area contributed by atoms with Crippen molar-refractivity contribution in [2.24, 2.45) is 5.92 Å². The summed E-state index contributed by atoms with van der Waals surface area (Å²) >= 11 is 0. The Labute approximate surface area is 98.1 Å². The maximum absolute atomic E-state index is 11.5. The van der Waals surface area contributed by atoms with E-state index < -0.39 is 0 Å². The summed E-state index contributed by atoms with van der Waals surface area (Å²) in [6, 6.07) is 7.90. The highest BCUT2D eigenvalue weighted by molar-refractivity contribution is 5.94. The fraction of sp³-hybridized carbons (Fsp3) is 0.500. The fourth-order valence-corrected chi connectivity index (χ4v) is 1.54. The first-order valence-corrected chi connectivity index (χ1v) is 6.00. The summed E-state index contributed by atoms with van der Waals surface area (Å²) in [4.78, 5) is 11.5. The van der Waals surface area contributed by atoms with Crippen LogP contribution in [0.5, 0.6) is 0 Å². The second-order valence-electron chi connectivity index (χ2n) is 4.49. The average Bonchev–Trinajstić information content (AvgIpc) is 2.27. The van der Waals surface area contributed by atoms with Crippen molar-refractivity contribution in [1.82, 2.24) is 5.32 Å². The molecule has 2 heteroatoms. The van der Waals surface area contributed by atoms with Gasteiger partial charge in [0.05, 0.1) is 0 Å². The van der Waals surface area contributed by atoms with E-state index in [-0.39, 0.29) is 5.91 Å². The van der Waals surface area contributed by atoms with Gasteiger partial charge in [0.15, 0.2) is 0 Å². The van der Waals surface area contributed by atoms with Gasteiger partial charge < -0.3 is 5.32 Å². The predicted octanol–water partition coefficient (Wildman–Crippen LogP) is 3.02. The SMILES string of the molecule is CCNC(=O)c1ccc(CCC(C)C)cc1. The highest BCUT2D eigenvalue weighted by atomic mass is 16.1. The van der Waals surface area contributed by atoms with E-state index in [1.807, 2.05) is 31.2 Å². The molecule has 0 saturated heterocycles. The highest BCUT2D eigenvalue weighted by Gasteiger charge is 2.03. The smallest absolute Gasteiger partial charge is 0.251 e. The summed E-state index contributed by atoms with van der Waals surface area (Å²) in [5.41, 5.74) is 2.05. The van der Waals surface area contributed by atoms with Crippen LogP contribution < -0.4 is 5.32 Å². The number of hydrogen-bond donors (Lipinski definition) is 1. The molecule has 1 aromatic rings. The van der Waals surface area contributed by atoms with Crippen LogP contribution in [0.15, 0.2) is 24.3 Å². The molecule has 0 aliphatic rings. The van der Waals surface area contributed by atoms with Crippen LogP contribution in [-0.4, -0.2) is 12.5 Å². The Kier molecular flexibility index (Phi) is 5.03. The maximum Gasteiger partial charge on any atom is 0.251 e. The van der Waals surface area contributed by atoms with E-state index in [2.05, 4.69) is 19.2 Å². The van der Waals surface area contributed by atoms with Gasteiger partial charge in [-0.2, -0.15) is 0 Å². The Morgan fingerprint density at radius 3 is 2.38 bits per heavy atom. The Morgan fingerprint density at radius 2 is 1.88 bits per heavy atom. The molecule has 1 amide bonds. The van der Waals surface area contributed by atoms with Gasteiger partial charge in [0.2, 0.25) is 0 Å². The number of carbonyl (C=O) groups is 1. The molecule has 0 spiro atoms. The molecule has 0 heterocycles. The van der Waals surface area contributed by atoms with Gasteiger partial charge in [0, 0.05) is 12.1 Å². The van der Waals surface area contributed by atoms with E-state index in [4.69, 9.17) is 0 Å². The molecular weight excluding hydrogens is 198 g/mol. The first-order chi connectivity index (χ1) is 7.63. The van der Waals surface area contributed by atoms with Crippen molar-refractivity contribution in [2.45, 2.75) is 33.6 Å². The van der Waals surface area contributed by atoms with Crippen molar-refractivity contribution in [3.05, 3.63) is 35.4 Å². The molecule has 0 bridgehead atoms. The van der Waals surface area contributed by atoms with E-state index >= 15 is 0 Å². The molecule has 0 atom stereocenters. The summed E-state index contributed by atoms with van der Waals surface area (Å²) < 4.78 is 0. The summed E-state index contributed by atoms with van der Waals surface area (Å²) in [6.07, 6.45) is 2.29. The zero-order valence-electron chi connectivity index (χ0n) is 10.4. The average molecular weight is 219 g/mol. The van der Waals surface area contributed by atoms with Gasteiger partial charge >= 0.3 is 0 Å². The highest BCUT2D eigenvalue weighted by Crippen LogP contribution is 2.10.